The molecule has 2 heterocycles. The smallest absolute Gasteiger partial charge is 0.109 e. The van der Waals surface area contributed by atoms with Crippen molar-refractivity contribution in [1.82, 2.24) is 4.90 Å². The summed E-state index contributed by atoms with van der Waals surface area (Å²) in [6.07, 6.45) is -0.817. The van der Waals surface area contributed by atoms with E-state index >= 15 is 0 Å². The Balaban J connectivity index is 2.01. The van der Waals surface area contributed by atoms with Gasteiger partial charge in [0, 0.05) is 32.8 Å². The molecule has 0 spiro atoms. The molecule has 6 heteroatoms. The number of aliphatic hydroxyl groups excluding tert-OH is 3. The van der Waals surface area contributed by atoms with E-state index in [4.69, 9.17) is 9.84 Å². The Labute approximate surface area is 123 Å². The molecule has 5 nitrogen and oxygen atoms in total. The highest BCUT2D eigenvalue weighted by Crippen LogP contribution is 2.23. The van der Waals surface area contributed by atoms with Gasteiger partial charge in [0.15, 0.2) is 0 Å². The summed E-state index contributed by atoms with van der Waals surface area (Å²) in [6.45, 7) is 1.36. The van der Waals surface area contributed by atoms with Crippen molar-refractivity contribution in [2.24, 2.45) is 0 Å². The first-order valence-electron chi connectivity index (χ1n) is 6.92. The van der Waals surface area contributed by atoms with E-state index in [9.17, 15) is 10.2 Å². The van der Waals surface area contributed by atoms with Crippen LogP contribution in [-0.4, -0.2) is 71.4 Å². The van der Waals surface area contributed by atoms with Gasteiger partial charge in [0.05, 0.1) is 12.2 Å². The molecule has 1 aromatic rings. The van der Waals surface area contributed by atoms with Crippen molar-refractivity contribution in [2.75, 3.05) is 26.8 Å². The fourth-order valence-corrected chi connectivity index (χ4v) is 3.51. The van der Waals surface area contributed by atoms with Crippen molar-refractivity contribution in [1.29, 1.82) is 0 Å². The Morgan fingerprint density at radius 3 is 2.80 bits per heavy atom. The maximum Gasteiger partial charge on any atom is 0.109 e. The molecule has 1 fully saturated rings. The largest absolute Gasteiger partial charge is 0.396 e. The molecule has 0 unspecified atom stereocenters. The van der Waals surface area contributed by atoms with Gasteiger partial charge in [0.1, 0.15) is 6.10 Å². The SMILES string of the molecule is CO[C@H]1CN(CCc2ccsc2)[C@H](CCO)[C@@H](O)[C@@H]1O. The third-order valence-electron chi connectivity index (χ3n) is 4.00. The number of hydrogen-bond acceptors (Lipinski definition) is 6. The second-order valence-electron chi connectivity index (χ2n) is 5.21. The van der Waals surface area contributed by atoms with Crippen LogP contribution in [0.4, 0.5) is 0 Å². The Kier molecular flexibility index (Phi) is 5.95. The summed E-state index contributed by atoms with van der Waals surface area (Å²) in [5, 5.41) is 33.6. The minimum absolute atomic E-state index is 0.00104. The van der Waals surface area contributed by atoms with E-state index in [2.05, 4.69) is 16.3 Å². The molecule has 4 atom stereocenters. The van der Waals surface area contributed by atoms with Gasteiger partial charge in [0.25, 0.3) is 0 Å². The number of ether oxygens (including phenoxy) is 1. The standard InChI is InChI=1S/C14H23NO4S/c1-19-12-8-15(5-2-10-4-7-20-9-10)11(3-6-16)13(17)14(12)18/h4,7,9,11-14,16-18H,2-3,5-6,8H2,1H3/t11-,12+,13-,14-/m1/s1. The highest BCUT2D eigenvalue weighted by molar-refractivity contribution is 7.07. The molecular weight excluding hydrogens is 278 g/mol. The molecule has 0 saturated carbocycles. The van der Waals surface area contributed by atoms with Crippen molar-refractivity contribution >= 4 is 11.3 Å². The van der Waals surface area contributed by atoms with Gasteiger partial charge in [-0.15, -0.1) is 0 Å². The lowest BCUT2D eigenvalue weighted by Crippen LogP contribution is -2.62. The third kappa shape index (κ3) is 3.58. The van der Waals surface area contributed by atoms with Crippen molar-refractivity contribution in [3.05, 3.63) is 22.4 Å². The average molecular weight is 301 g/mol. The van der Waals surface area contributed by atoms with Crippen LogP contribution >= 0.6 is 11.3 Å². The zero-order valence-electron chi connectivity index (χ0n) is 11.7. The van der Waals surface area contributed by atoms with Crippen molar-refractivity contribution in [3.8, 4) is 0 Å². The fourth-order valence-electron chi connectivity index (χ4n) is 2.80. The van der Waals surface area contributed by atoms with E-state index in [1.165, 1.54) is 5.56 Å². The summed E-state index contributed by atoms with van der Waals surface area (Å²) in [5.74, 6) is 0. The Morgan fingerprint density at radius 1 is 1.40 bits per heavy atom. The van der Waals surface area contributed by atoms with Gasteiger partial charge in [-0.25, -0.2) is 0 Å². The van der Waals surface area contributed by atoms with E-state index in [0.29, 0.717) is 13.0 Å². The lowest BCUT2D eigenvalue weighted by Gasteiger charge is -2.45. The maximum absolute atomic E-state index is 10.2. The summed E-state index contributed by atoms with van der Waals surface area (Å²) >= 11 is 1.67. The molecule has 0 amide bonds. The molecule has 1 aliphatic rings. The predicted molar refractivity (Wildman–Crippen MR) is 77.9 cm³/mol. The lowest BCUT2D eigenvalue weighted by molar-refractivity contribution is -0.149. The van der Waals surface area contributed by atoms with Crippen LogP contribution in [0.25, 0.3) is 0 Å². The minimum atomic E-state index is -0.894. The molecule has 0 radical (unpaired) electrons. The number of likely N-dealkylation sites (tertiary alicyclic amines) is 1. The number of aliphatic hydroxyl groups is 3. The summed E-state index contributed by atoms with van der Waals surface area (Å²) in [7, 11) is 1.55. The number of hydrogen-bond donors (Lipinski definition) is 3. The number of thiophene rings is 1. The Bertz CT molecular complexity index is 387. The van der Waals surface area contributed by atoms with Gasteiger partial charge in [-0.3, -0.25) is 4.90 Å². The van der Waals surface area contributed by atoms with Crippen LogP contribution in [0.3, 0.4) is 0 Å². The molecule has 1 aliphatic heterocycles. The lowest BCUT2D eigenvalue weighted by atomic mass is 9.91. The van der Waals surface area contributed by atoms with Gasteiger partial charge in [-0.2, -0.15) is 11.3 Å². The molecular formula is C14H23NO4S. The van der Waals surface area contributed by atoms with E-state index in [1.807, 2.05) is 5.38 Å². The van der Waals surface area contributed by atoms with Crippen molar-refractivity contribution < 1.29 is 20.1 Å². The van der Waals surface area contributed by atoms with Crippen molar-refractivity contribution in [2.45, 2.75) is 37.2 Å². The zero-order valence-corrected chi connectivity index (χ0v) is 12.5. The summed E-state index contributed by atoms with van der Waals surface area (Å²) < 4.78 is 5.26. The number of piperidine rings is 1. The first-order valence-corrected chi connectivity index (χ1v) is 7.86. The quantitative estimate of drug-likeness (QED) is 0.695. The third-order valence-corrected chi connectivity index (χ3v) is 4.74. The van der Waals surface area contributed by atoms with Crippen LogP contribution in [-0.2, 0) is 11.2 Å². The zero-order chi connectivity index (χ0) is 14.5. The summed E-state index contributed by atoms with van der Waals surface area (Å²) in [4.78, 5) is 2.11. The second kappa shape index (κ2) is 7.49. The van der Waals surface area contributed by atoms with E-state index in [1.54, 1.807) is 18.4 Å². The normalized spacial score (nSPS) is 31.6. The van der Waals surface area contributed by atoms with Gasteiger partial charge < -0.3 is 20.1 Å². The molecule has 114 valence electrons. The molecule has 20 heavy (non-hydrogen) atoms. The molecule has 0 aromatic carbocycles. The predicted octanol–water partition coefficient (Wildman–Crippen LogP) is 0.0940. The topological polar surface area (TPSA) is 73.2 Å². The first-order chi connectivity index (χ1) is 9.67. The Morgan fingerprint density at radius 2 is 2.20 bits per heavy atom. The second-order valence-corrected chi connectivity index (χ2v) is 5.99. The number of nitrogens with zero attached hydrogens (tertiary/aromatic N) is 1. The highest BCUT2D eigenvalue weighted by Gasteiger charge is 2.41. The van der Waals surface area contributed by atoms with E-state index in [0.717, 1.165) is 13.0 Å². The molecule has 2 rings (SSSR count). The molecule has 3 N–H and O–H groups in total. The maximum atomic E-state index is 10.2. The molecule has 0 bridgehead atoms. The van der Waals surface area contributed by atoms with Gasteiger partial charge in [-0.05, 0) is 35.2 Å². The van der Waals surface area contributed by atoms with Crippen LogP contribution in [0.15, 0.2) is 16.8 Å². The summed E-state index contributed by atoms with van der Waals surface area (Å²) in [6, 6.07) is 1.87. The molecule has 1 saturated heterocycles. The minimum Gasteiger partial charge on any atom is -0.396 e. The van der Waals surface area contributed by atoms with Gasteiger partial charge in [0.2, 0.25) is 0 Å². The molecule has 0 aliphatic carbocycles. The Hall–Kier alpha value is -0.500. The monoisotopic (exact) mass is 301 g/mol. The van der Waals surface area contributed by atoms with Crippen molar-refractivity contribution in [3.63, 3.8) is 0 Å². The highest BCUT2D eigenvalue weighted by atomic mass is 32.1. The number of methoxy groups -OCH3 is 1. The van der Waals surface area contributed by atoms with Crippen LogP contribution in [0, 0.1) is 0 Å². The summed E-state index contributed by atoms with van der Waals surface area (Å²) in [5.41, 5.74) is 1.27. The van der Waals surface area contributed by atoms with Crippen LogP contribution < -0.4 is 0 Å². The average Bonchev–Trinajstić information content (AvgIpc) is 2.96. The van der Waals surface area contributed by atoms with Crippen LogP contribution in [0.5, 0.6) is 0 Å². The van der Waals surface area contributed by atoms with Gasteiger partial charge >= 0.3 is 0 Å². The van der Waals surface area contributed by atoms with Crippen LogP contribution in [0.1, 0.15) is 12.0 Å². The fraction of sp³-hybridized carbons (Fsp3) is 0.714. The van der Waals surface area contributed by atoms with E-state index < -0.39 is 12.2 Å². The first kappa shape index (κ1) is 15.9. The molecule has 1 aromatic heterocycles. The van der Waals surface area contributed by atoms with E-state index in [-0.39, 0.29) is 18.8 Å². The van der Waals surface area contributed by atoms with Crippen LogP contribution in [0.2, 0.25) is 0 Å². The number of rotatable bonds is 6. The van der Waals surface area contributed by atoms with Gasteiger partial charge in [-0.1, -0.05) is 0 Å².